The zero-order valence-electron chi connectivity index (χ0n) is 12.7. The summed E-state index contributed by atoms with van der Waals surface area (Å²) in [6, 6.07) is 3.74. The van der Waals surface area contributed by atoms with Crippen molar-refractivity contribution >= 4 is 17.3 Å². The van der Waals surface area contributed by atoms with E-state index in [0.29, 0.717) is 6.54 Å². The van der Waals surface area contributed by atoms with Crippen molar-refractivity contribution in [3.05, 3.63) is 33.9 Å². The van der Waals surface area contributed by atoms with Gasteiger partial charge in [0.15, 0.2) is 0 Å². The molecule has 0 aliphatic rings. The molecule has 7 heteroatoms. The maximum Gasteiger partial charge on any atom is 0.335 e. The Balaban J connectivity index is 2.97. The predicted molar refractivity (Wildman–Crippen MR) is 80.9 cm³/mol. The van der Waals surface area contributed by atoms with Gasteiger partial charge < -0.3 is 15.3 Å². The van der Waals surface area contributed by atoms with Gasteiger partial charge in [-0.1, -0.05) is 13.8 Å². The highest BCUT2D eigenvalue weighted by atomic mass is 16.6. The molecule has 0 spiro atoms. The number of hydrogen-bond donors (Lipinski definition) is 2. The van der Waals surface area contributed by atoms with Gasteiger partial charge in [-0.2, -0.15) is 0 Å². The van der Waals surface area contributed by atoms with Crippen molar-refractivity contribution < 1.29 is 14.8 Å². The van der Waals surface area contributed by atoms with Crippen LogP contribution in [-0.2, 0) is 0 Å². The van der Waals surface area contributed by atoms with Crippen molar-refractivity contribution in [2.75, 3.05) is 32.5 Å². The molecule has 116 valence electrons. The zero-order valence-corrected chi connectivity index (χ0v) is 12.7. The molecule has 0 heterocycles. The van der Waals surface area contributed by atoms with Crippen molar-refractivity contribution in [1.29, 1.82) is 0 Å². The van der Waals surface area contributed by atoms with Crippen molar-refractivity contribution in [3.8, 4) is 0 Å². The highest BCUT2D eigenvalue weighted by Crippen LogP contribution is 2.27. The minimum absolute atomic E-state index is 0.0218. The molecule has 0 aliphatic heterocycles. The van der Waals surface area contributed by atoms with Gasteiger partial charge in [0.25, 0.3) is 5.69 Å². The van der Waals surface area contributed by atoms with Gasteiger partial charge in [0.2, 0.25) is 0 Å². The molecule has 0 saturated heterocycles. The number of aromatic carboxylic acids is 1. The van der Waals surface area contributed by atoms with Crippen molar-refractivity contribution in [1.82, 2.24) is 4.90 Å². The van der Waals surface area contributed by atoms with Crippen LogP contribution in [0.5, 0.6) is 0 Å². The first kappa shape index (κ1) is 16.9. The lowest BCUT2D eigenvalue weighted by Crippen LogP contribution is -2.34. The maximum atomic E-state index is 11.0. The van der Waals surface area contributed by atoms with Crippen LogP contribution < -0.4 is 5.32 Å². The van der Waals surface area contributed by atoms with Gasteiger partial charge >= 0.3 is 5.97 Å². The summed E-state index contributed by atoms with van der Waals surface area (Å²) in [5.41, 5.74) is 0.0113. The van der Waals surface area contributed by atoms with Gasteiger partial charge in [-0.25, -0.2) is 4.79 Å². The molecule has 0 saturated carbocycles. The SMILES string of the molecule is CN(C)CC(C)(C)CNc1cc(C(=O)O)ccc1[N+](=O)[O-]. The summed E-state index contributed by atoms with van der Waals surface area (Å²) < 4.78 is 0. The lowest BCUT2D eigenvalue weighted by Gasteiger charge is -2.28. The Kier molecular flexibility index (Phi) is 5.26. The molecule has 0 unspecified atom stereocenters. The van der Waals surface area contributed by atoms with E-state index < -0.39 is 10.9 Å². The number of nitrogens with zero attached hydrogens (tertiary/aromatic N) is 2. The third-order valence-corrected chi connectivity index (χ3v) is 2.94. The quantitative estimate of drug-likeness (QED) is 0.592. The molecule has 21 heavy (non-hydrogen) atoms. The monoisotopic (exact) mass is 295 g/mol. The Morgan fingerprint density at radius 2 is 2.05 bits per heavy atom. The van der Waals surface area contributed by atoms with E-state index in [2.05, 4.69) is 5.32 Å². The second-order valence-corrected chi connectivity index (χ2v) is 6.05. The molecule has 0 fully saturated rings. The van der Waals surface area contributed by atoms with E-state index in [0.717, 1.165) is 6.54 Å². The third kappa shape index (κ3) is 5.03. The van der Waals surface area contributed by atoms with E-state index in [1.165, 1.54) is 18.2 Å². The zero-order chi connectivity index (χ0) is 16.2. The summed E-state index contributed by atoms with van der Waals surface area (Å²) in [7, 11) is 3.91. The number of hydrogen-bond acceptors (Lipinski definition) is 5. The molecule has 2 N–H and O–H groups in total. The number of carbonyl (C=O) groups is 1. The first-order chi connectivity index (χ1) is 9.62. The fourth-order valence-corrected chi connectivity index (χ4v) is 2.22. The number of carboxylic acids is 1. The highest BCUT2D eigenvalue weighted by Gasteiger charge is 2.22. The van der Waals surface area contributed by atoms with Crippen LogP contribution in [0.4, 0.5) is 11.4 Å². The van der Waals surface area contributed by atoms with Gasteiger partial charge in [-0.05, 0) is 31.6 Å². The van der Waals surface area contributed by atoms with Gasteiger partial charge in [0.1, 0.15) is 5.69 Å². The molecule has 1 rings (SSSR count). The first-order valence-corrected chi connectivity index (χ1v) is 6.53. The lowest BCUT2D eigenvalue weighted by atomic mass is 9.92. The molecule has 1 aromatic rings. The Morgan fingerprint density at radius 3 is 2.52 bits per heavy atom. The minimum atomic E-state index is -1.11. The van der Waals surface area contributed by atoms with E-state index in [9.17, 15) is 14.9 Å². The number of carboxylic acid groups (broad SMARTS) is 1. The van der Waals surface area contributed by atoms with E-state index in [-0.39, 0.29) is 22.4 Å². The van der Waals surface area contributed by atoms with Crippen molar-refractivity contribution in [2.24, 2.45) is 5.41 Å². The summed E-state index contributed by atoms with van der Waals surface area (Å²) in [4.78, 5) is 23.5. The maximum absolute atomic E-state index is 11.0. The number of nitro benzene ring substituents is 1. The molecule has 7 nitrogen and oxygen atoms in total. The van der Waals surface area contributed by atoms with Crippen molar-refractivity contribution in [3.63, 3.8) is 0 Å². The number of nitro groups is 1. The fraction of sp³-hybridized carbons (Fsp3) is 0.500. The Bertz CT molecular complexity index is 541. The fourth-order valence-electron chi connectivity index (χ4n) is 2.22. The summed E-state index contributed by atoms with van der Waals surface area (Å²) in [5.74, 6) is -1.11. The van der Waals surface area contributed by atoms with Gasteiger partial charge in [0, 0.05) is 19.2 Å². The average molecular weight is 295 g/mol. The van der Waals surface area contributed by atoms with E-state index in [1.54, 1.807) is 0 Å². The molecule has 0 radical (unpaired) electrons. The van der Waals surface area contributed by atoms with Crippen LogP contribution in [-0.4, -0.2) is 48.1 Å². The molecule has 0 bridgehead atoms. The van der Waals surface area contributed by atoms with Gasteiger partial charge in [-0.3, -0.25) is 10.1 Å². The van der Waals surface area contributed by atoms with E-state index in [1.807, 2.05) is 32.8 Å². The highest BCUT2D eigenvalue weighted by molar-refractivity contribution is 5.90. The smallest absolute Gasteiger partial charge is 0.335 e. The summed E-state index contributed by atoms with van der Waals surface area (Å²) in [6.07, 6.45) is 0. The topological polar surface area (TPSA) is 95.7 Å². The standard InChI is InChI=1S/C14H21N3O4/c1-14(2,9-16(3)4)8-15-11-7-10(13(18)19)5-6-12(11)17(20)21/h5-7,15H,8-9H2,1-4H3,(H,18,19). The lowest BCUT2D eigenvalue weighted by molar-refractivity contribution is -0.384. The Hall–Kier alpha value is -2.15. The normalized spacial score (nSPS) is 11.5. The van der Waals surface area contributed by atoms with Crippen LogP contribution >= 0.6 is 0 Å². The molecular weight excluding hydrogens is 274 g/mol. The molecule has 0 atom stereocenters. The predicted octanol–water partition coefficient (Wildman–Crippen LogP) is 2.29. The van der Waals surface area contributed by atoms with E-state index >= 15 is 0 Å². The Labute approximate surface area is 123 Å². The van der Waals surface area contributed by atoms with Crippen LogP contribution in [0, 0.1) is 15.5 Å². The van der Waals surface area contributed by atoms with Crippen LogP contribution in [0.3, 0.4) is 0 Å². The van der Waals surface area contributed by atoms with Crippen LogP contribution in [0.15, 0.2) is 18.2 Å². The number of anilines is 1. The summed E-state index contributed by atoms with van der Waals surface area (Å²) >= 11 is 0. The van der Waals surface area contributed by atoms with Gasteiger partial charge in [-0.15, -0.1) is 0 Å². The summed E-state index contributed by atoms with van der Waals surface area (Å²) in [6.45, 7) is 5.36. The molecule has 1 aromatic carbocycles. The Morgan fingerprint density at radius 1 is 1.43 bits per heavy atom. The van der Waals surface area contributed by atoms with Crippen molar-refractivity contribution in [2.45, 2.75) is 13.8 Å². The molecule has 0 aliphatic carbocycles. The number of rotatable bonds is 7. The van der Waals surface area contributed by atoms with Gasteiger partial charge in [0.05, 0.1) is 10.5 Å². The molecule has 0 aromatic heterocycles. The number of benzene rings is 1. The van der Waals surface area contributed by atoms with E-state index in [4.69, 9.17) is 5.11 Å². The minimum Gasteiger partial charge on any atom is -0.478 e. The summed E-state index contributed by atoms with van der Waals surface area (Å²) in [5, 5.41) is 23.0. The second-order valence-electron chi connectivity index (χ2n) is 6.05. The average Bonchev–Trinajstić information content (AvgIpc) is 2.34. The van der Waals surface area contributed by atoms with Crippen LogP contribution in [0.1, 0.15) is 24.2 Å². The van der Waals surface area contributed by atoms with Crippen LogP contribution in [0.25, 0.3) is 0 Å². The largest absolute Gasteiger partial charge is 0.478 e. The first-order valence-electron chi connectivity index (χ1n) is 6.53. The van der Waals surface area contributed by atoms with Crippen LogP contribution in [0.2, 0.25) is 0 Å². The second kappa shape index (κ2) is 6.53. The molecule has 0 amide bonds. The third-order valence-electron chi connectivity index (χ3n) is 2.94. The molecular formula is C14H21N3O4. The number of nitrogens with one attached hydrogen (secondary N) is 1.